The molecule has 4 rings (SSSR count). The molecule has 0 aliphatic carbocycles. The highest BCUT2D eigenvalue weighted by Gasteiger charge is 2.37. The van der Waals surface area contributed by atoms with Gasteiger partial charge in [0.15, 0.2) is 0 Å². The second-order valence-corrected chi connectivity index (χ2v) is 13.9. The molecule has 0 radical (unpaired) electrons. The predicted octanol–water partition coefficient (Wildman–Crippen LogP) is 3.74. The van der Waals surface area contributed by atoms with E-state index >= 15 is 0 Å². The smallest absolute Gasteiger partial charge is 0.228 e. The molecule has 42 heavy (non-hydrogen) atoms. The van der Waals surface area contributed by atoms with E-state index in [1.54, 1.807) is 27.7 Å². The van der Waals surface area contributed by atoms with Gasteiger partial charge in [-0.2, -0.15) is 0 Å². The first kappa shape index (κ1) is 34.3. The summed E-state index contributed by atoms with van der Waals surface area (Å²) in [4.78, 5) is 29.0. The van der Waals surface area contributed by atoms with E-state index in [2.05, 4.69) is 20.4 Å². The molecule has 10 heteroatoms. The number of hydrogen-bond acceptors (Lipinski definition) is 6. The highest BCUT2D eigenvalue weighted by atomic mass is 35.5. The lowest BCUT2D eigenvalue weighted by molar-refractivity contribution is -0.132. The molecule has 2 aliphatic heterocycles. The predicted molar refractivity (Wildman–Crippen MR) is 169 cm³/mol. The summed E-state index contributed by atoms with van der Waals surface area (Å²) in [5.41, 5.74) is 0.837. The minimum Gasteiger partial charge on any atom is -0.395 e. The van der Waals surface area contributed by atoms with Gasteiger partial charge in [0, 0.05) is 60.1 Å². The fourth-order valence-electron chi connectivity index (χ4n) is 5.26. The maximum atomic E-state index is 12.3. The number of nitrogens with one attached hydrogen (secondary N) is 2. The second kappa shape index (κ2) is 14.5. The average molecular weight is 622 g/mol. The number of likely N-dealkylation sites (tertiary alicyclic amines) is 2. The molecule has 0 unspecified atom stereocenters. The third kappa shape index (κ3) is 8.91. The number of halogens is 2. The Kier molecular flexibility index (Phi) is 11.9. The molecule has 0 aromatic heterocycles. The summed E-state index contributed by atoms with van der Waals surface area (Å²) in [6.45, 7) is 10.1. The van der Waals surface area contributed by atoms with Crippen LogP contribution in [0.15, 0.2) is 48.5 Å². The van der Waals surface area contributed by atoms with Crippen molar-refractivity contribution in [3.8, 4) is 0 Å². The van der Waals surface area contributed by atoms with Crippen LogP contribution in [0, 0.1) is 10.8 Å². The van der Waals surface area contributed by atoms with Crippen LogP contribution in [0.4, 0.5) is 0 Å². The minimum absolute atomic E-state index is 0.0505. The van der Waals surface area contributed by atoms with Gasteiger partial charge in [0.2, 0.25) is 11.8 Å². The third-order valence-electron chi connectivity index (χ3n) is 8.25. The quantitative estimate of drug-likeness (QED) is 0.358. The Morgan fingerprint density at radius 3 is 1.29 bits per heavy atom. The third-order valence-corrected chi connectivity index (χ3v) is 8.76. The maximum absolute atomic E-state index is 12.3. The van der Waals surface area contributed by atoms with E-state index in [0.717, 1.165) is 26.2 Å². The number of carbonyl (C=O) groups is 2. The van der Waals surface area contributed by atoms with Crippen molar-refractivity contribution in [2.75, 3.05) is 53.5 Å². The Hall–Kier alpha value is -2.20. The highest BCUT2D eigenvalue weighted by Crippen LogP contribution is 2.30. The molecule has 2 aromatic carbocycles. The van der Waals surface area contributed by atoms with Crippen LogP contribution in [0.1, 0.15) is 50.7 Å². The SMILES string of the molecule is CN1C[C@@H](NC(=O)C(C)(C)CO)[C@H](c2ccc(Cl)cc2)C1.CN1C[C@H](NC(=O)C(C)(C)CO)[C@@H](c2ccc(Cl)cc2)C1. The molecule has 232 valence electrons. The molecule has 0 spiro atoms. The molecule has 2 aromatic rings. The van der Waals surface area contributed by atoms with Crippen LogP contribution in [-0.2, 0) is 9.59 Å². The van der Waals surface area contributed by atoms with Crippen LogP contribution >= 0.6 is 23.2 Å². The summed E-state index contributed by atoms with van der Waals surface area (Å²) in [6, 6.07) is 15.7. The Morgan fingerprint density at radius 1 is 0.690 bits per heavy atom. The number of amides is 2. The molecule has 2 amide bonds. The molecule has 2 saturated heterocycles. The van der Waals surface area contributed by atoms with Crippen LogP contribution in [0.5, 0.6) is 0 Å². The number of hydrogen-bond donors (Lipinski definition) is 4. The number of carbonyl (C=O) groups excluding carboxylic acids is 2. The fraction of sp³-hybridized carbons (Fsp3) is 0.562. The molecular weight excluding hydrogens is 575 g/mol. The van der Waals surface area contributed by atoms with Gasteiger partial charge < -0.3 is 30.6 Å². The van der Waals surface area contributed by atoms with Gasteiger partial charge in [-0.05, 0) is 77.2 Å². The number of likely N-dealkylation sites (N-methyl/N-ethyl adjacent to an activating group) is 2. The molecule has 0 saturated carbocycles. The highest BCUT2D eigenvalue weighted by molar-refractivity contribution is 6.30. The summed E-state index contributed by atoms with van der Waals surface area (Å²) in [7, 11) is 4.10. The van der Waals surface area contributed by atoms with E-state index in [9.17, 15) is 19.8 Å². The zero-order chi connectivity index (χ0) is 31.2. The van der Waals surface area contributed by atoms with Crippen molar-refractivity contribution in [2.24, 2.45) is 10.8 Å². The van der Waals surface area contributed by atoms with Gasteiger partial charge in [-0.15, -0.1) is 0 Å². The Balaban J connectivity index is 0.000000230. The van der Waals surface area contributed by atoms with Crippen LogP contribution in [0.3, 0.4) is 0 Å². The molecule has 0 bridgehead atoms. The first-order valence-electron chi connectivity index (χ1n) is 14.4. The van der Waals surface area contributed by atoms with Crippen molar-refractivity contribution in [3.05, 3.63) is 69.7 Å². The largest absolute Gasteiger partial charge is 0.395 e. The van der Waals surface area contributed by atoms with Crippen molar-refractivity contribution in [3.63, 3.8) is 0 Å². The van der Waals surface area contributed by atoms with E-state index in [4.69, 9.17) is 23.2 Å². The number of aliphatic hydroxyl groups excluding tert-OH is 2. The topological polar surface area (TPSA) is 105 Å². The van der Waals surface area contributed by atoms with Crippen molar-refractivity contribution >= 4 is 35.0 Å². The van der Waals surface area contributed by atoms with Crippen molar-refractivity contribution in [2.45, 2.75) is 51.6 Å². The van der Waals surface area contributed by atoms with Gasteiger partial charge in [-0.25, -0.2) is 0 Å². The molecule has 2 fully saturated rings. The van der Waals surface area contributed by atoms with E-state index in [1.807, 2.05) is 62.6 Å². The van der Waals surface area contributed by atoms with E-state index < -0.39 is 10.8 Å². The second-order valence-electron chi connectivity index (χ2n) is 13.0. The average Bonchev–Trinajstić information content (AvgIpc) is 3.50. The van der Waals surface area contributed by atoms with Crippen LogP contribution in [0.25, 0.3) is 0 Å². The molecule has 8 nitrogen and oxygen atoms in total. The Bertz CT molecular complexity index is 1100. The fourth-order valence-corrected chi connectivity index (χ4v) is 5.51. The van der Waals surface area contributed by atoms with Crippen molar-refractivity contribution in [1.29, 1.82) is 0 Å². The summed E-state index contributed by atoms with van der Waals surface area (Å²) in [5, 5.41) is 26.2. The lowest BCUT2D eigenvalue weighted by atomic mass is 9.90. The molecule has 4 N–H and O–H groups in total. The summed E-state index contributed by atoms with van der Waals surface area (Å²) in [6.07, 6.45) is 0. The molecule has 2 heterocycles. The summed E-state index contributed by atoms with van der Waals surface area (Å²) >= 11 is 11.9. The van der Waals surface area contributed by atoms with Crippen LogP contribution < -0.4 is 10.6 Å². The molecule has 2 aliphatic rings. The van der Waals surface area contributed by atoms with E-state index in [1.165, 1.54) is 11.1 Å². The zero-order valence-electron chi connectivity index (χ0n) is 25.5. The normalized spacial score (nSPS) is 23.3. The van der Waals surface area contributed by atoms with Gasteiger partial charge in [0.05, 0.1) is 24.0 Å². The first-order valence-corrected chi connectivity index (χ1v) is 15.1. The Morgan fingerprint density at radius 2 is 1.00 bits per heavy atom. The Labute approximate surface area is 260 Å². The monoisotopic (exact) mass is 620 g/mol. The van der Waals surface area contributed by atoms with Gasteiger partial charge in [-0.1, -0.05) is 47.5 Å². The van der Waals surface area contributed by atoms with Crippen molar-refractivity contribution in [1.82, 2.24) is 20.4 Å². The number of aliphatic hydroxyl groups is 2. The van der Waals surface area contributed by atoms with Crippen LogP contribution in [-0.4, -0.2) is 97.4 Å². The maximum Gasteiger partial charge on any atom is 0.228 e. The minimum atomic E-state index is -0.758. The van der Waals surface area contributed by atoms with Gasteiger partial charge in [0.25, 0.3) is 0 Å². The first-order chi connectivity index (χ1) is 19.7. The number of benzene rings is 2. The van der Waals surface area contributed by atoms with Crippen LogP contribution in [0.2, 0.25) is 10.0 Å². The van der Waals surface area contributed by atoms with Gasteiger partial charge in [0.1, 0.15) is 0 Å². The standard InChI is InChI=1S/2C16H23ClN2O2/c2*1-16(2,10-20)15(21)18-14-9-19(3)8-13(14)11-4-6-12(17)7-5-11/h2*4-7,13-14,20H,8-10H2,1-3H3,(H,18,21)/t2*13-,14+/m10/s1. The lowest BCUT2D eigenvalue weighted by Crippen LogP contribution is -2.47. The summed E-state index contributed by atoms with van der Waals surface area (Å²) in [5.74, 6) is 0.268. The molecular formula is C32H46Cl2N4O4. The van der Waals surface area contributed by atoms with Gasteiger partial charge >= 0.3 is 0 Å². The van der Waals surface area contributed by atoms with Gasteiger partial charge in [-0.3, -0.25) is 9.59 Å². The summed E-state index contributed by atoms with van der Waals surface area (Å²) < 4.78 is 0. The lowest BCUT2D eigenvalue weighted by Gasteiger charge is -2.26. The number of rotatable bonds is 8. The van der Waals surface area contributed by atoms with E-state index in [-0.39, 0.29) is 48.9 Å². The van der Waals surface area contributed by atoms with Crippen molar-refractivity contribution < 1.29 is 19.8 Å². The number of nitrogens with zero attached hydrogens (tertiary/aromatic N) is 2. The van der Waals surface area contributed by atoms with E-state index in [0.29, 0.717) is 10.0 Å². The zero-order valence-corrected chi connectivity index (χ0v) is 27.0. The molecule has 4 atom stereocenters.